The Labute approximate surface area is 137 Å². The number of aromatic nitrogens is 1. The maximum absolute atomic E-state index is 13.0. The molecule has 2 aliphatic rings. The van der Waals surface area contributed by atoms with Gasteiger partial charge in [0.25, 0.3) is 5.91 Å². The van der Waals surface area contributed by atoms with Crippen LogP contribution in [0.5, 0.6) is 0 Å². The van der Waals surface area contributed by atoms with E-state index in [1.165, 1.54) is 10.4 Å². The number of hydrogen-bond donors (Lipinski definition) is 1. The van der Waals surface area contributed by atoms with Crippen molar-refractivity contribution in [3.63, 3.8) is 0 Å². The third kappa shape index (κ3) is 2.39. The van der Waals surface area contributed by atoms with Gasteiger partial charge in [0.1, 0.15) is 5.00 Å². The molecule has 0 unspecified atom stereocenters. The van der Waals surface area contributed by atoms with E-state index < -0.39 is 0 Å². The van der Waals surface area contributed by atoms with E-state index in [0.29, 0.717) is 19.5 Å². The van der Waals surface area contributed by atoms with E-state index in [0.717, 1.165) is 28.5 Å². The molecule has 4 rings (SSSR count). The zero-order chi connectivity index (χ0) is 15.1. The van der Waals surface area contributed by atoms with Gasteiger partial charge in [0.05, 0.1) is 11.7 Å². The lowest BCUT2D eigenvalue weighted by Gasteiger charge is -2.19. The summed E-state index contributed by atoms with van der Waals surface area (Å²) < 4.78 is 2.05. The van der Waals surface area contributed by atoms with Crippen LogP contribution in [-0.4, -0.2) is 45.4 Å². The Balaban J connectivity index is 1.79. The number of aliphatic hydroxyl groups is 1. The predicted octanol–water partition coefficient (Wildman–Crippen LogP) is 2.53. The van der Waals surface area contributed by atoms with E-state index in [9.17, 15) is 9.90 Å². The molecular formula is C16H18N2O2S2. The maximum Gasteiger partial charge on any atom is 0.257 e. The molecule has 1 N–H and O–H groups in total. The van der Waals surface area contributed by atoms with Gasteiger partial charge in [-0.3, -0.25) is 4.79 Å². The third-order valence-electron chi connectivity index (χ3n) is 4.31. The minimum Gasteiger partial charge on any atom is -0.391 e. The standard InChI is InChI=1S/C16H18N2O2S2/c19-11-3-7-18(9-11)15(20)14-12-4-8-21-10-13(12)22-16(14)17-5-1-2-6-17/h1-2,5-6,11,19H,3-4,7-10H2/t11-/m1/s1. The Hall–Kier alpha value is -1.24. The van der Waals surface area contributed by atoms with E-state index in [4.69, 9.17) is 0 Å². The van der Waals surface area contributed by atoms with Gasteiger partial charge in [0, 0.05) is 36.1 Å². The number of fused-ring (bicyclic) bond motifs is 1. The highest BCUT2D eigenvalue weighted by molar-refractivity contribution is 7.98. The highest BCUT2D eigenvalue weighted by Gasteiger charge is 2.32. The van der Waals surface area contributed by atoms with Crippen molar-refractivity contribution in [1.29, 1.82) is 0 Å². The van der Waals surface area contributed by atoms with Crippen molar-refractivity contribution in [2.24, 2.45) is 0 Å². The van der Waals surface area contributed by atoms with Crippen molar-refractivity contribution in [3.05, 3.63) is 40.5 Å². The number of β-amino-alcohol motifs (C(OH)–C–C–N with tert-alkyl or cyclic N) is 1. The van der Waals surface area contributed by atoms with Crippen molar-refractivity contribution < 1.29 is 9.90 Å². The number of likely N-dealkylation sites (tertiary alicyclic amines) is 1. The minimum atomic E-state index is -0.371. The van der Waals surface area contributed by atoms with Crippen LogP contribution in [-0.2, 0) is 12.2 Å². The largest absolute Gasteiger partial charge is 0.391 e. The van der Waals surface area contributed by atoms with Gasteiger partial charge in [0.15, 0.2) is 0 Å². The van der Waals surface area contributed by atoms with Crippen LogP contribution in [0, 0.1) is 0 Å². The number of nitrogens with zero attached hydrogens (tertiary/aromatic N) is 2. The number of thioether (sulfide) groups is 1. The van der Waals surface area contributed by atoms with Gasteiger partial charge in [-0.1, -0.05) is 0 Å². The molecule has 0 bridgehead atoms. The highest BCUT2D eigenvalue weighted by Crippen LogP contribution is 2.39. The first-order chi connectivity index (χ1) is 10.7. The van der Waals surface area contributed by atoms with Crippen molar-refractivity contribution in [2.45, 2.75) is 24.7 Å². The van der Waals surface area contributed by atoms with Crippen LogP contribution in [0.2, 0.25) is 0 Å². The van der Waals surface area contributed by atoms with E-state index >= 15 is 0 Å². The smallest absolute Gasteiger partial charge is 0.257 e. The summed E-state index contributed by atoms with van der Waals surface area (Å²) in [6.07, 6.45) is 5.28. The van der Waals surface area contributed by atoms with Crippen molar-refractivity contribution in [1.82, 2.24) is 9.47 Å². The van der Waals surface area contributed by atoms with Crippen LogP contribution in [0.1, 0.15) is 27.2 Å². The summed E-state index contributed by atoms with van der Waals surface area (Å²) in [6.45, 7) is 1.12. The minimum absolute atomic E-state index is 0.0876. The molecule has 22 heavy (non-hydrogen) atoms. The van der Waals surface area contributed by atoms with E-state index in [-0.39, 0.29) is 12.0 Å². The first kappa shape index (κ1) is 14.4. The molecule has 1 atom stereocenters. The fourth-order valence-electron chi connectivity index (χ4n) is 3.17. The first-order valence-electron chi connectivity index (χ1n) is 7.57. The molecule has 2 aliphatic heterocycles. The lowest BCUT2D eigenvalue weighted by atomic mass is 10.1. The normalized spacial score (nSPS) is 21.1. The third-order valence-corrected chi connectivity index (χ3v) is 6.72. The van der Waals surface area contributed by atoms with E-state index in [1.807, 2.05) is 45.8 Å². The number of hydrogen-bond acceptors (Lipinski definition) is 4. The molecule has 0 radical (unpaired) electrons. The Bertz CT molecular complexity index is 693. The van der Waals surface area contributed by atoms with Crippen LogP contribution in [0.3, 0.4) is 0 Å². The molecule has 0 spiro atoms. The first-order valence-corrected chi connectivity index (χ1v) is 9.54. The lowest BCUT2D eigenvalue weighted by molar-refractivity contribution is 0.0764. The quantitative estimate of drug-likeness (QED) is 0.918. The predicted molar refractivity (Wildman–Crippen MR) is 90.0 cm³/mol. The second-order valence-corrected chi connectivity index (χ2v) is 7.96. The summed E-state index contributed by atoms with van der Waals surface area (Å²) in [5, 5.41) is 10.8. The van der Waals surface area contributed by atoms with Gasteiger partial charge in [-0.05, 0) is 36.3 Å². The molecular weight excluding hydrogens is 316 g/mol. The molecule has 0 aliphatic carbocycles. The Morgan fingerprint density at radius 1 is 1.32 bits per heavy atom. The molecule has 2 aromatic heterocycles. The van der Waals surface area contributed by atoms with Crippen LogP contribution in [0.25, 0.3) is 5.00 Å². The zero-order valence-electron chi connectivity index (χ0n) is 12.2. The van der Waals surface area contributed by atoms with Crippen molar-refractivity contribution >= 4 is 29.0 Å². The summed E-state index contributed by atoms with van der Waals surface area (Å²) in [7, 11) is 0. The number of rotatable bonds is 2. The number of thiophene rings is 1. The number of amides is 1. The van der Waals surface area contributed by atoms with Crippen molar-refractivity contribution in [3.8, 4) is 5.00 Å². The average Bonchev–Trinajstić information content (AvgIpc) is 3.25. The molecule has 6 heteroatoms. The summed E-state index contributed by atoms with van der Waals surface area (Å²) in [4.78, 5) is 16.2. The Morgan fingerprint density at radius 3 is 2.86 bits per heavy atom. The average molecular weight is 334 g/mol. The molecule has 4 nitrogen and oxygen atoms in total. The van der Waals surface area contributed by atoms with Crippen LogP contribution in [0.15, 0.2) is 24.5 Å². The van der Waals surface area contributed by atoms with Crippen LogP contribution in [0.4, 0.5) is 0 Å². The van der Waals surface area contributed by atoms with Gasteiger partial charge >= 0.3 is 0 Å². The summed E-state index contributed by atoms with van der Waals surface area (Å²) in [5.41, 5.74) is 2.10. The zero-order valence-corrected chi connectivity index (χ0v) is 13.8. The fourth-order valence-corrected chi connectivity index (χ4v) is 5.61. The lowest BCUT2D eigenvalue weighted by Crippen LogP contribution is -2.30. The SMILES string of the molecule is O=C(c1c(-n2cccc2)sc2c1CCSC2)N1CC[C@@H](O)C1. The molecule has 0 saturated carbocycles. The fraction of sp³-hybridized carbons (Fsp3) is 0.438. The van der Waals surface area contributed by atoms with E-state index in [1.54, 1.807) is 11.3 Å². The topological polar surface area (TPSA) is 45.5 Å². The van der Waals surface area contributed by atoms with Gasteiger partial charge in [0.2, 0.25) is 0 Å². The van der Waals surface area contributed by atoms with Gasteiger partial charge in [-0.15, -0.1) is 11.3 Å². The summed E-state index contributed by atoms with van der Waals surface area (Å²) >= 11 is 3.68. The van der Waals surface area contributed by atoms with Gasteiger partial charge in [-0.25, -0.2) is 0 Å². The number of carbonyl (C=O) groups excluding carboxylic acids is 1. The van der Waals surface area contributed by atoms with Gasteiger partial charge < -0.3 is 14.6 Å². The molecule has 116 valence electrons. The molecule has 1 saturated heterocycles. The Morgan fingerprint density at radius 2 is 2.14 bits per heavy atom. The van der Waals surface area contributed by atoms with Crippen molar-refractivity contribution in [2.75, 3.05) is 18.8 Å². The second-order valence-electron chi connectivity index (χ2n) is 5.77. The Kier molecular flexibility index (Phi) is 3.76. The molecule has 1 fully saturated rings. The van der Waals surface area contributed by atoms with Gasteiger partial charge in [-0.2, -0.15) is 11.8 Å². The molecule has 4 heterocycles. The second kappa shape index (κ2) is 5.76. The summed E-state index contributed by atoms with van der Waals surface area (Å²) in [6, 6.07) is 3.97. The monoisotopic (exact) mass is 334 g/mol. The summed E-state index contributed by atoms with van der Waals surface area (Å²) in [5.74, 6) is 2.17. The number of carbonyl (C=O) groups is 1. The highest BCUT2D eigenvalue weighted by atomic mass is 32.2. The molecule has 1 amide bonds. The maximum atomic E-state index is 13.0. The van der Waals surface area contributed by atoms with E-state index in [2.05, 4.69) is 0 Å². The molecule has 2 aromatic rings. The van der Waals surface area contributed by atoms with Crippen LogP contribution >= 0.6 is 23.1 Å². The number of aliphatic hydroxyl groups excluding tert-OH is 1. The molecule has 0 aromatic carbocycles. The van der Waals surface area contributed by atoms with Crippen LogP contribution < -0.4 is 0 Å².